The predicted molar refractivity (Wildman–Crippen MR) is 145 cm³/mol. The van der Waals surface area contributed by atoms with Crippen molar-refractivity contribution in [2.45, 2.75) is 45.2 Å². The normalized spacial score (nSPS) is 18.4. The highest BCUT2D eigenvalue weighted by molar-refractivity contribution is 14.0. The molecular weight excluding hydrogens is 531 g/mol. The number of aliphatic imine (C=N–C) groups is 1. The standard InChI is InChI=1S/C24H40N6O2.HI/c1-3-10-29-11-7-21(8-12-29)28-24(25-2)26-19-20-5-4-6-22(18-20)27-23(31)9-13-30-14-16-32-17-15-30;/h4-6,18,21H,3,7-17,19H2,1-2H3,(H,27,31)(H2,25,26,28);1H. The lowest BCUT2D eigenvalue weighted by Crippen LogP contribution is -2.48. The van der Waals surface area contributed by atoms with Crippen LogP contribution in [0.4, 0.5) is 5.69 Å². The highest BCUT2D eigenvalue weighted by Gasteiger charge is 2.19. The molecule has 0 aromatic heterocycles. The molecule has 0 atom stereocenters. The Morgan fingerprint density at radius 3 is 2.55 bits per heavy atom. The van der Waals surface area contributed by atoms with Gasteiger partial charge in [0.1, 0.15) is 0 Å². The fraction of sp³-hybridized carbons (Fsp3) is 0.667. The zero-order valence-electron chi connectivity index (χ0n) is 20.1. The Morgan fingerprint density at radius 2 is 1.85 bits per heavy atom. The molecule has 3 rings (SSSR count). The lowest BCUT2D eigenvalue weighted by atomic mass is 10.1. The number of halogens is 1. The van der Waals surface area contributed by atoms with Crippen molar-refractivity contribution in [3.8, 4) is 0 Å². The van der Waals surface area contributed by atoms with E-state index in [1.807, 2.05) is 25.2 Å². The number of ether oxygens (including phenoxy) is 1. The van der Waals surface area contributed by atoms with Gasteiger partial charge in [0.15, 0.2) is 5.96 Å². The van der Waals surface area contributed by atoms with Gasteiger partial charge in [0, 0.05) is 64.5 Å². The minimum atomic E-state index is 0. The number of likely N-dealkylation sites (tertiary alicyclic amines) is 1. The number of piperidine rings is 1. The van der Waals surface area contributed by atoms with E-state index in [1.54, 1.807) is 0 Å². The molecule has 8 nitrogen and oxygen atoms in total. The number of guanidine groups is 1. The van der Waals surface area contributed by atoms with Crippen LogP contribution in [0.5, 0.6) is 0 Å². The van der Waals surface area contributed by atoms with Crippen LogP contribution in [-0.4, -0.2) is 87.2 Å². The monoisotopic (exact) mass is 572 g/mol. The van der Waals surface area contributed by atoms with Crippen molar-refractivity contribution in [1.29, 1.82) is 0 Å². The number of carbonyl (C=O) groups is 1. The third-order valence-electron chi connectivity index (χ3n) is 6.12. The molecule has 0 unspecified atom stereocenters. The lowest BCUT2D eigenvalue weighted by Gasteiger charge is -2.32. The van der Waals surface area contributed by atoms with Crippen LogP contribution in [-0.2, 0) is 16.1 Å². The van der Waals surface area contributed by atoms with Gasteiger partial charge in [0.05, 0.1) is 13.2 Å². The minimum absolute atomic E-state index is 0. The van der Waals surface area contributed by atoms with E-state index < -0.39 is 0 Å². The molecule has 2 saturated heterocycles. The number of nitrogens with one attached hydrogen (secondary N) is 3. The zero-order chi connectivity index (χ0) is 22.6. The molecule has 2 aliphatic rings. The van der Waals surface area contributed by atoms with Crippen molar-refractivity contribution >= 4 is 41.5 Å². The van der Waals surface area contributed by atoms with Crippen molar-refractivity contribution in [2.24, 2.45) is 4.99 Å². The van der Waals surface area contributed by atoms with E-state index in [9.17, 15) is 4.79 Å². The Kier molecular flexibility index (Phi) is 13.0. The van der Waals surface area contributed by atoms with E-state index in [0.717, 1.165) is 76.0 Å². The first-order chi connectivity index (χ1) is 15.7. The Labute approximate surface area is 215 Å². The van der Waals surface area contributed by atoms with Gasteiger partial charge in [-0.2, -0.15) is 0 Å². The fourth-order valence-corrected chi connectivity index (χ4v) is 4.26. The highest BCUT2D eigenvalue weighted by atomic mass is 127. The Bertz CT molecular complexity index is 733. The maximum absolute atomic E-state index is 12.3. The van der Waals surface area contributed by atoms with Gasteiger partial charge >= 0.3 is 0 Å². The number of carbonyl (C=O) groups excluding carboxylic acids is 1. The van der Waals surface area contributed by atoms with Crippen LogP contribution in [0.15, 0.2) is 29.3 Å². The van der Waals surface area contributed by atoms with Crippen LogP contribution < -0.4 is 16.0 Å². The molecule has 0 aliphatic carbocycles. The molecule has 1 aromatic carbocycles. The molecule has 2 fully saturated rings. The minimum Gasteiger partial charge on any atom is -0.379 e. The summed E-state index contributed by atoms with van der Waals surface area (Å²) < 4.78 is 5.36. The van der Waals surface area contributed by atoms with Gasteiger partial charge in [-0.3, -0.25) is 14.7 Å². The van der Waals surface area contributed by atoms with Crippen LogP contribution in [0.25, 0.3) is 0 Å². The Hall–Kier alpha value is -1.43. The highest BCUT2D eigenvalue weighted by Crippen LogP contribution is 2.12. The maximum Gasteiger partial charge on any atom is 0.225 e. The van der Waals surface area contributed by atoms with E-state index in [1.165, 1.54) is 13.0 Å². The summed E-state index contributed by atoms with van der Waals surface area (Å²) >= 11 is 0. The van der Waals surface area contributed by atoms with Crippen LogP contribution in [0.3, 0.4) is 0 Å². The SMILES string of the molecule is CCCN1CCC(NC(=NC)NCc2cccc(NC(=O)CCN3CCOCC3)c2)CC1.I. The van der Waals surface area contributed by atoms with Gasteiger partial charge in [0.25, 0.3) is 0 Å². The third-order valence-corrected chi connectivity index (χ3v) is 6.12. The van der Waals surface area contributed by atoms with Crippen LogP contribution >= 0.6 is 24.0 Å². The molecule has 0 radical (unpaired) electrons. The van der Waals surface area contributed by atoms with Gasteiger partial charge in [-0.05, 0) is 43.5 Å². The molecule has 1 amide bonds. The van der Waals surface area contributed by atoms with Crippen LogP contribution in [0.1, 0.15) is 38.2 Å². The molecular formula is C24H41IN6O2. The Morgan fingerprint density at radius 1 is 1.12 bits per heavy atom. The summed E-state index contributed by atoms with van der Waals surface area (Å²) in [6.45, 7) is 10.5. The summed E-state index contributed by atoms with van der Waals surface area (Å²) in [5.74, 6) is 0.882. The molecule has 0 saturated carbocycles. The average molecular weight is 573 g/mol. The average Bonchev–Trinajstić information content (AvgIpc) is 2.82. The van der Waals surface area contributed by atoms with E-state index in [0.29, 0.717) is 19.0 Å². The summed E-state index contributed by atoms with van der Waals surface area (Å²) in [4.78, 5) is 21.5. The van der Waals surface area contributed by atoms with E-state index >= 15 is 0 Å². The summed E-state index contributed by atoms with van der Waals surface area (Å²) in [5, 5.41) is 10.0. The molecule has 33 heavy (non-hydrogen) atoms. The second kappa shape index (κ2) is 15.5. The summed E-state index contributed by atoms with van der Waals surface area (Å²) in [5.41, 5.74) is 1.94. The van der Waals surface area contributed by atoms with Crippen molar-refractivity contribution < 1.29 is 9.53 Å². The molecule has 0 spiro atoms. The van der Waals surface area contributed by atoms with Crippen LogP contribution in [0, 0.1) is 0 Å². The largest absolute Gasteiger partial charge is 0.379 e. The molecule has 1 aromatic rings. The van der Waals surface area contributed by atoms with Gasteiger partial charge in [0.2, 0.25) is 5.91 Å². The van der Waals surface area contributed by atoms with Crippen molar-refractivity contribution in [3.05, 3.63) is 29.8 Å². The third kappa shape index (κ3) is 10.2. The zero-order valence-corrected chi connectivity index (χ0v) is 22.5. The number of amides is 1. The predicted octanol–water partition coefficient (Wildman–Crippen LogP) is 2.50. The number of benzene rings is 1. The molecule has 186 valence electrons. The number of hydrogen-bond donors (Lipinski definition) is 3. The summed E-state index contributed by atoms with van der Waals surface area (Å²) in [6, 6.07) is 8.47. The van der Waals surface area contributed by atoms with Gasteiger partial charge in [-0.25, -0.2) is 0 Å². The number of rotatable bonds is 9. The molecule has 2 heterocycles. The number of anilines is 1. The first-order valence-corrected chi connectivity index (χ1v) is 12.0. The Balaban J connectivity index is 0.00000385. The first-order valence-electron chi connectivity index (χ1n) is 12.0. The van der Waals surface area contributed by atoms with Gasteiger partial charge in [-0.1, -0.05) is 19.1 Å². The smallest absolute Gasteiger partial charge is 0.225 e. The second-order valence-corrected chi connectivity index (χ2v) is 8.64. The quantitative estimate of drug-likeness (QED) is 0.240. The van der Waals surface area contributed by atoms with Gasteiger partial charge < -0.3 is 25.6 Å². The fourth-order valence-electron chi connectivity index (χ4n) is 4.26. The second-order valence-electron chi connectivity index (χ2n) is 8.64. The van der Waals surface area contributed by atoms with E-state index in [-0.39, 0.29) is 29.9 Å². The number of nitrogens with zero attached hydrogens (tertiary/aromatic N) is 3. The van der Waals surface area contributed by atoms with E-state index in [4.69, 9.17) is 4.74 Å². The number of morpholine rings is 1. The van der Waals surface area contributed by atoms with E-state index in [2.05, 4.69) is 43.7 Å². The number of hydrogen-bond acceptors (Lipinski definition) is 5. The summed E-state index contributed by atoms with van der Waals surface area (Å²) in [7, 11) is 1.81. The summed E-state index contributed by atoms with van der Waals surface area (Å²) in [6.07, 6.45) is 4.00. The topological polar surface area (TPSA) is 81.2 Å². The molecule has 3 N–H and O–H groups in total. The van der Waals surface area contributed by atoms with Gasteiger partial charge in [-0.15, -0.1) is 24.0 Å². The molecule has 9 heteroatoms. The first kappa shape index (κ1) is 27.8. The molecule has 2 aliphatic heterocycles. The van der Waals surface area contributed by atoms with Crippen molar-refractivity contribution in [3.63, 3.8) is 0 Å². The van der Waals surface area contributed by atoms with Crippen molar-refractivity contribution in [2.75, 3.05) is 64.8 Å². The van der Waals surface area contributed by atoms with Crippen molar-refractivity contribution in [1.82, 2.24) is 20.4 Å². The lowest BCUT2D eigenvalue weighted by molar-refractivity contribution is -0.116. The molecule has 0 bridgehead atoms. The van der Waals surface area contributed by atoms with Crippen LogP contribution in [0.2, 0.25) is 0 Å². The maximum atomic E-state index is 12.3.